The van der Waals surface area contributed by atoms with E-state index < -0.39 is 24.4 Å². The van der Waals surface area contributed by atoms with Crippen molar-refractivity contribution in [3.05, 3.63) is 83.5 Å². The van der Waals surface area contributed by atoms with Crippen LogP contribution in [-0.4, -0.2) is 22.3 Å². The van der Waals surface area contributed by atoms with Crippen LogP contribution in [0.5, 0.6) is 5.88 Å². The molecule has 4 aromatic rings. The lowest BCUT2D eigenvalue weighted by Crippen LogP contribution is -2.21. The molecule has 0 bridgehead atoms. The first-order valence-corrected chi connectivity index (χ1v) is 9.53. The second-order valence-corrected chi connectivity index (χ2v) is 7.03. The fraction of sp³-hybridized carbons (Fsp3) is 0.0909. The lowest BCUT2D eigenvalue weighted by molar-refractivity contribution is -0.141. The van der Waals surface area contributed by atoms with Crippen molar-refractivity contribution in [2.75, 3.05) is 11.9 Å². The van der Waals surface area contributed by atoms with E-state index in [4.69, 9.17) is 16.3 Å². The van der Waals surface area contributed by atoms with E-state index in [1.807, 2.05) is 30.3 Å². The van der Waals surface area contributed by atoms with Gasteiger partial charge in [-0.15, -0.1) is 0 Å². The summed E-state index contributed by atoms with van der Waals surface area (Å²) in [5, 5.41) is 8.37. The molecule has 1 amide bonds. The van der Waals surface area contributed by atoms with Crippen molar-refractivity contribution >= 4 is 34.0 Å². The number of carbonyl (C=O) groups excluding carboxylic acids is 1. The van der Waals surface area contributed by atoms with E-state index in [2.05, 4.69) is 10.4 Å². The number of hydrogen-bond donors (Lipinski definition) is 1. The van der Waals surface area contributed by atoms with Gasteiger partial charge in [-0.05, 0) is 35.0 Å². The highest BCUT2D eigenvalue weighted by molar-refractivity contribution is 6.32. The van der Waals surface area contributed by atoms with Crippen LogP contribution >= 0.6 is 11.6 Å². The number of anilines is 1. The standard InChI is InChI=1S/C22H15ClF3N3O2/c23-17-7-3-4-8-18(17)29-21(12-19(28-29)22(24,25)26)31-13-20(30)27-16-10-9-14-5-1-2-6-15(14)11-16/h1-12H,13H2,(H,27,30). The van der Waals surface area contributed by atoms with E-state index in [9.17, 15) is 18.0 Å². The third-order valence-electron chi connectivity index (χ3n) is 4.43. The molecule has 1 aromatic heterocycles. The Morgan fingerprint density at radius 3 is 2.45 bits per heavy atom. The molecule has 0 spiro atoms. The molecule has 0 saturated heterocycles. The SMILES string of the molecule is O=C(COc1cc(C(F)(F)F)nn1-c1ccccc1Cl)Nc1ccc2ccccc2c1. The Kier molecular flexibility index (Phi) is 5.56. The lowest BCUT2D eigenvalue weighted by atomic mass is 10.1. The number of halogens is 4. The molecule has 0 aliphatic rings. The second kappa shape index (κ2) is 8.31. The first-order valence-electron chi connectivity index (χ1n) is 9.15. The van der Waals surface area contributed by atoms with Crippen LogP contribution in [0.3, 0.4) is 0 Å². The van der Waals surface area contributed by atoms with Gasteiger partial charge in [-0.2, -0.15) is 23.0 Å². The Morgan fingerprint density at radius 1 is 1.00 bits per heavy atom. The van der Waals surface area contributed by atoms with Crippen LogP contribution in [-0.2, 0) is 11.0 Å². The summed E-state index contributed by atoms with van der Waals surface area (Å²) in [6.45, 7) is -0.514. The number of nitrogens with one attached hydrogen (secondary N) is 1. The van der Waals surface area contributed by atoms with Gasteiger partial charge in [0.05, 0.1) is 10.7 Å². The van der Waals surface area contributed by atoms with Gasteiger partial charge in [0.25, 0.3) is 5.91 Å². The number of ether oxygens (including phenoxy) is 1. The van der Waals surface area contributed by atoms with Crippen LogP contribution in [0, 0.1) is 0 Å². The van der Waals surface area contributed by atoms with Crippen molar-refractivity contribution in [3.63, 3.8) is 0 Å². The Labute approximate surface area is 180 Å². The van der Waals surface area contributed by atoms with Gasteiger partial charge < -0.3 is 10.1 Å². The van der Waals surface area contributed by atoms with Crippen LogP contribution in [0.25, 0.3) is 16.5 Å². The smallest absolute Gasteiger partial charge is 0.435 e. The number of nitrogens with zero attached hydrogens (tertiary/aromatic N) is 2. The highest BCUT2D eigenvalue weighted by Gasteiger charge is 2.36. The van der Waals surface area contributed by atoms with Crippen molar-refractivity contribution in [1.29, 1.82) is 0 Å². The molecule has 5 nitrogen and oxygen atoms in total. The highest BCUT2D eigenvalue weighted by Crippen LogP contribution is 2.33. The van der Waals surface area contributed by atoms with E-state index in [0.29, 0.717) is 5.69 Å². The summed E-state index contributed by atoms with van der Waals surface area (Å²) >= 11 is 6.10. The van der Waals surface area contributed by atoms with Gasteiger partial charge in [0.15, 0.2) is 12.3 Å². The van der Waals surface area contributed by atoms with Gasteiger partial charge in [-0.3, -0.25) is 4.79 Å². The molecule has 1 heterocycles. The van der Waals surface area contributed by atoms with Crippen molar-refractivity contribution in [1.82, 2.24) is 9.78 Å². The second-order valence-electron chi connectivity index (χ2n) is 6.63. The fourth-order valence-electron chi connectivity index (χ4n) is 3.01. The number of fused-ring (bicyclic) bond motifs is 1. The van der Waals surface area contributed by atoms with Crippen LogP contribution in [0.1, 0.15) is 5.69 Å². The summed E-state index contributed by atoms with van der Waals surface area (Å²) in [5.41, 5.74) is -0.412. The zero-order chi connectivity index (χ0) is 22.0. The molecule has 31 heavy (non-hydrogen) atoms. The molecule has 158 valence electrons. The molecule has 0 fully saturated rings. The molecule has 3 aromatic carbocycles. The van der Waals surface area contributed by atoms with Crippen molar-refractivity contribution in [3.8, 4) is 11.6 Å². The van der Waals surface area contributed by atoms with Gasteiger partial charge in [-0.25, -0.2) is 0 Å². The zero-order valence-electron chi connectivity index (χ0n) is 15.9. The summed E-state index contributed by atoms with van der Waals surface area (Å²) in [5.74, 6) is -0.787. The number of aromatic nitrogens is 2. The highest BCUT2D eigenvalue weighted by atomic mass is 35.5. The van der Waals surface area contributed by atoms with E-state index in [1.54, 1.807) is 24.3 Å². The first kappa shape index (κ1) is 20.7. The van der Waals surface area contributed by atoms with Crippen molar-refractivity contribution in [2.45, 2.75) is 6.18 Å². The quantitative estimate of drug-likeness (QED) is 0.428. The van der Waals surface area contributed by atoms with Crippen molar-refractivity contribution in [2.24, 2.45) is 0 Å². The number of hydrogen-bond acceptors (Lipinski definition) is 3. The lowest BCUT2D eigenvalue weighted by Gasteiger charge is -2.11. The number of amides is 1. The molecular formula is C22H15ClF3N3O2. The maximum absolute atomic E-state index is 13.2. The number of rotatable bonds is 5. The molecule has 0 unspecified atom stereocenters. The van der Waals surface area contributed by atoms with E-state index in [0.717, 1.165) is 21.5 Å². The Hall–Kier alpha value is -3.52. The van der Waals surface area contributed by atoms with Gasteiger partial charge >= 0.3 is 6.18 Å². The maximum Gasteiger partial charge on any atom is 0.435 e. The minimum absolute atomic E-state index is 0.185. The van der Waals surface area contributed by atoms with Crippen molar-refractivity contribution < 1.29 is 22.7 Å². The summed E-state index contributed by atoms with van der Waals surface area (Å²) in [7, 11) is 0. The zero-order valence-corrected chi connectivity index (χ0v) is 16.6. The van der Waals surface area contributed by atoms with E-state index in [1.165, 1.54) is 12.1 Å². The molecular weight excluding hydrogens is 431 g/mol. The van der Waals surface area contributed by atoms with Crippen LogP contribution in [0.15, 0.2) is 72.8 Å². The third kappa shape index (κ3) is 4.64. The largest absolute Gasteiger partial charge is 0.467 e. The van der Waals surface area contributed by atoms with Crippen LogP contribution < -0.4 is 10.1 Å². The topological polar surface area (TPSA) is 56.1 Å². The number of para-hydroxylation sites is 1. The van der Waals surface area contributed by atoms with Crippen LogP contribution in [0.2, 0.25) is 5.02 Å². The molecule has 0 aliphatic carbocycles. The molecule has 0 saturated carbocycles. The third-order valence-corrected chi connectivity index (χ3v) is 4.75. The minimum Gasteiger partial charge on any atom is -0.467 e. The number of carbonyl (C=O) groups is 1. The van der Waals surface area contributed by atoms with E-state index in [-0.39, 0.29) is 16.6 Å². The Balaban J connectivity index is 1.53. The average Bonchev–Trinajstić information content (AvgIpc) is 3.17. The molecule has 9 heteroatoms. The van der Waals surface area contributed by atoms with Crippen LogP contribution in [0.4, 0.5) is 18.9 Å². The summed E-state index contributed by atoms with van der Waals surface area (Å²) in [6.07, 6.45) is -4.68. The number of benzene rings is 3. The van der Waals surface area contributed by atoms with Gasteiger partial charge in [0.1, 0.15) is 0 Å². The summed E-state index contributed by atoms with van der Waals surface area (Å²) < 4.78 is 45.8. The monoisotopic (exact) mass is 445 g/mol. The Morgan fingerprint density at radius 2 is 1.71 bits per heavy atom. The summed E-state index contributed by atoms with van der Waals surface area (Å²) in [4.78, 5) is 12.3. The summed E-state index contributed by atoms with van der Waals surface area (Å²) in [6, 6.07) is 20.0. The molecule has 1 N–H and O–H groups in total. The fourth-order valence-corrected chi connectivity index (χ4v) is 3.22. The van der Waals surface area contributed by atoms with Gasteiger partial charge in [-0.1, -0.05) is 54.1 Å². The first-order chi connectivity index (χ1) is 14.8. The average molecular weight is 446 g/mol. The molecule has 4 rings (SSSR count). The molecule has 0 atom stereocenters. The molecule has 0 aliphatic heterocycles. The normalized spacial score (nSPS) is 11.5. The minimum atomic E-state index is -4.68. The van der Waals surface area contributed by atoms with Gasteiger partial charge in [0.2, 0.25) is 5.88 Å². The Bertz CT molecular complexity index is 1250. The number of alkyl halides is 3. The predicted octanol–water partition coefficient (Wildman–Crippen LogP) is 5.72. The van der Waals surface area contributed by atoms with Gasteiger partial charge in [0, 0.05) is 11.8 Å². The predicted molar refractivity (Wildman–Crippen MR) is 112 cm³/mol. The van der Waals surface area contributed by atoms with E-state index >= 15 is 0 Å². The molecule has 0 radical (unpaired) electrons. The maximum atomic E-state index is 13.2.